The zero-order valence-electron chi connectivity index (χ0n) is 16.1. The number of aryl methyl sites for hydroxylation is 1. The molecule has 0 fully saturated rings. The molecule has 1 unspecified atom stereocenters. The molecule has 2 aromatic rings. The van der Waals surface area contributed by atoms with Crippen molar-refractivity contribution in [3.8, 4) is 0 Å². The zero-order valence-corrected chi connectivity index (χ0v) is 16.9. The highest BCUT2D eigenvalue weighted by molar-refractivity contribution is 7.90. The number of nitrogens with zero attached hydrogens (tertiary/aromatic N) is 1. The van der Waals surface area contributed by atoms with Crippen LogP contribution in [-0.4, -0.2) is 27.2 Å². The summed E-state index contributed by atoms with van der Waals surface area (Å²) in [5.41, 5.74) is 2.35. The van der Waals surface area contributed by atoms with E-state index in [4.69, 9.17) is 0 Å². The third-order valence-corrected chi connectivity index (χ3v) is 5.29. The van der Waals surface area contributed by atoms with Crippen molar-refractivity contribution in [3.63, 3.8) is 0 Å². The van der Waals surface area contributed by atoms with E-state index in [1.54, 1.807) is 37.3 Å². The average molecular weight is 392 g/mol. The van der Waals surface area contributed by atoms with Crippen molar-refractivity contribution in [2.75, 3.05) is 12.8 Å². The predicted molar refractivity (Wildman–Crippen MR) is 107 cm³/mol. The molecule has 2 rings (SSSR count). The van der Waals surface area contributed by atoms with Crippen molar-refractivity contribution >= 4 is 15.8 Å². The first-order chi connectivity index (χ1) is 12.7. The van der Waals surface area contributed by atoms with Crippen LogP contribution in [0.2, 0.25) is 0 Å². The fourth-order valence-electron chi connectivity index (χ4n) is 2.50. The summed E-state index contributed by atoms with van der Waals surface area (Å²) in [5.74, 6) is 0.382. The second-order valence-electron chi connectivity index (χ2n) is 6.49. The van der Waals surface area contributed by atoms with Gasteiger partial charge in [0.2, 0.25) is 0 Å². The number of hydrogen-bond acceptors (Lipinski definition) is 3. The molecule has 2 N–H and O–H groups in total. The molecule has 0 saturated carbocycles. The summed E-state index contributed by atoms with van der Waals surface area (Å²) in [6.07, 6.45) is 1.18. The van der Waals surface area contributed by atoms with Crippen LogP contribution in [0.25, 0.3) is 0 Å². The summed E-state index contributed by atoms with van der Waals surface area (Å²) in [4.78, 5) is 4.82. The SMILES string of the molecule is CCNC(=NCc1ccc(S(C)(=O)=O)cc1)NC(C)c1ccc(C)c(F)c1. The predicted octanol–water partition coefficient (Wildman–Crippen LogP) is 3.35. The first-order valence-corrected chi connectivity index (χ1v) is 10.7. The Kier molecular flexibility index (Phi) is 6.96. The van der Waals surface area contributed by atoms with Crippen molar-refractivity contribution in [2.45, 2.75) is 38.3 Å². The third kappa shape index (κ3) is 6.06. The molecule has 0 saturated heterocycles. The van der Waals surface area contributed by atoms with Crippen LogP contribution in [0.4, 0.5) is 4.39 Å². The number of aliphatic imine (C=N–C) groups is 1. The Morgan fingerprint density at radius 1 is 1.19 bits per heavy atom. The Balaban J connectivity index is 2.10. The molecule has 0 aromatic heterocycles. The van der Waals surface area contributed by atoms with E-state index in [0.717, 1.165) is 11.1 Å². The van der Waals surface area contributed by atoms with Gasteiger partial charge in [0.1, 0.15) is 5.82 Å². The molecule has 0 heterocycles. The molecule has 146 valence electrons. The molecule has 0 bridgehead atoms. The number of guanidine groups is 1. The van der Waals surface area contributed by atoms with Crippen LogP contribution in [0, 0.1) is 12.7 Å². The summed E-state index contributed by atoms with van der Waals surface area (Å²) in [7, 11) is -3.20. The van der Waals surface area contributed by atoms with Gasteiger partial charge >= 0.3 is 0 Å². The van der Waals surface area contributed by atoms with Crippen LogP contribution in [0.1, 0.15) is 36.6 Å². The number of benzene rings is 2. The molecule has 7 heteroatoms. The Hall–Kier alpha value is -2.41. The molecule has 0 aliphatic carbocycles. The minimum absolute atomic E-state index is 0.120. The van der Waals surface area contributed by atoms with Gasteiger partial charge in [-0.25, -0.2) is 17.8 Å². The lowest BCUT2D eigenvalue weighted by Crippen LogP contribution is -2.38. The average Bonchev–Trinajstić information content (AvgIpc) is 2.61. The Labute approximate surface area is 160 Å². The number of hydrogen-bond donors (Lipinski definition) is 2. The minimum Gasteiger partial charge on any atom is -0.357 e. The summed E-state index contributed by atoms with van der Waals surface area (Å²) in [5, 5.41) is 6.43. The van der Waals surface area contributed by atoms with Gasteiger partial charge in [-0.2, -0.15) is 0 Å². The van der Waals surface area contributed by atoms with Crippen molar-refractivity contribution in [3.05, 3.63) is 65.0 Å². The highest BCUT2D eigenvalue weighted by atomic mass is 32.2. The Morgan fingerprint density at radius 3 is 2.41 bits per heavy atom. The van der Waals surface area contributed by atoms with Gasteiger partial charge in [0.05, 0.1) is 17.5 Å². The van der Waals surface area contributed by atoms with Gasteiger partial charge in [-0.3, -0.25) is 0 Å². The maximum atomic E-state index is 13.8. The minimum atomic E-state index is -3.20. The van der Waals surface area contributed by atoms with Crippen LogP contribution in [0.3, 0.4) is 0 Å². The van der Waals surface area contributed by atoms with Crippen LogP contribution >= 0.6 is 0 Å². The standard InChI is InChI=1S/C20H26FN3O2S/c1-5-22-20(24-15(3)17-9-6-14(2)19(21)12-17)23-13-16-7-10-18(11-8-16)27(4,25)26/h6-12,15H,5,13H2,1-4H3,(H2,22,23,24). The number of halogens is 1. The molecule has 1 atom stereocenters. The smallest absolute Gasteiger partial charge is 0.192 e. The fourth-order valence-corrected chi connectivity index (χ4v) is 3.13. The third-order valence-electron chi connectivity index (χ3n) is 4.16. The van der Waals surface area contributed by atoms with E-state index in [-0.39, 0.29) is 16.8 Å². The van der Waals surface area contributed by atoms with Crippen LogP contribution in [0.5, 0.6) is 0 Å². The van der Waals surface area contributed by atoms with E-state index in [9.17, 15) is 12.8 Å². The van der Waals surface area contributed by atoms with E-state index in [1.165, 1.54) is 12.3 Å². The van der Waals surface area contributed by atoms with Gasteiger partial charge in [-0.15, -0.1) is 0 Å². The monoisotopic (exact) mass is 391 g/mol. The highest BCUT2D eigenvalue weighted by Gasteiger charge is 2.10. The number of sulfone groups is 1. The van der Waals surface area contributed by atoms with Gasteiger partial charge in [0.25, 0.3) is 0 Å². The first-order valence-electron chi connectivity index (χ1n) is 8.80. The first kappa shape index (κ1) is 20.9. The molecule has 0 spiro atoms. The fraction of sp³-hybridized carbons (Fsp3) is 0.350. The molecule has 27 heavy (non-hydrogen) atoms. The van der Waals surface area contributed by atoms with Crippen molar-refractivity contribution in [1.82, 2.24) is 10.6 Å². The van der Waals surface area contributed by atoms with E-state index >= 15 is 0 Å². The van der Waals surface area contributed by atoms with Gasteiger partial charge in [-0.1, -0.05) is 24.3 Å². The largest absolute Gasteiger partial charge is 0.357 e. The summed E-state index contributed by atoms with van der Waals surface area (Å²) >= 11 is 0. The van der Waals surface area contributed by atoms with Crippen LogP contribution < -0.4 is 10.6 Å². The van der Waals surface area contributed by atoms with Gasteiger partial charge in [0, 0.05) is 12.8 Å². The van der Waals surface area contributed by atoms with Crippen LogP contribution in [-0.2, 0) is 16.4 Å². The lowest BCUT2D eigenvalue weighted by Gasteiger charge is -2.18. The van der Waals surface area contributed by atoms with Crippen molar-refractivity contribution in [1.29, 1.82) is 0 Å². The molecule has 5 nitrogen and oxygen atoms in total. The Morgan fingerprint density at radius 2 is 1.85 bits per heavy atom. The molecule has 0 radical (unpaired) electrons. The van der Waals surface area contributed by atoms with E-state index < -0.39 is 9.84 Å². The second-order valence-corrected chi connectivity index (χ2v) is 8.50. The van der Waals surface area contributed by atoms with E-state index in [0.29, 0.717) is 24.6 Å². The quantitative estimate of drug-likeness (QED) is 0.585. The molecule has 0 aliphatic rings. The van der Waals surface area contributed by atoms with Crippen molar-refractivity contribution in [2.24, 2.45) is 4.99 Å². The topological polar surface area (TPSA) is 70.6 Å². The van der Waals surface area contributed by atoms with Gasteiger partial charge in [0.15, 0.2) is 15.8 Å². The molecule has 0 amide bonds. The second kappa shape index (κ2) is 8.99. The van der Waals surface area contributed by atoms with Gasteiger partial charge in [-0.05, 0) is 55.7 Å². The van der Waals surface area contributed by atoms with Gasteiger partial charge < -0.3 is 10.6 Å². The van der Waals surface area contributed by atoms with Crippen LogP contribution in [0.15, 0.2) is 52.4 Å². The molecule has 2 aromatic carbocycles. The van der Waals surface area contributed by atoms with Crippen molar-refractivity contribution < 1.29 is 12.8 Å². The highest BCUT2D eigenvalue weighted by Crippen LogP contribution is 2.16. The summed E-state index contributed by atoms with van der Waals surface area (Å²) < 4.78 is 36.8. The zero-order chi connectivity index (χ0) is 20.0. The molecule has 0 aliphatic heterocycles. The lowest BCUT2D eigenvalue weighted by molar-refractivity contribution is 0.602. The van der Waals surface area contributed by atoms with E-state index in [2.05, 4.69) is 15.6 Å². The number of nitrogens with one attached hydrogen (secondary N) is 2. The number of rotatable bonds is 6. The lowest BCUT2D eigenvalue weighted by atomic mass is 10.1. The normalized spacial score (nSPS) is 13.3. The summed E-state index contributed by atoms with van der Waals surface area (Å²) in [6.45, 7) is 6.73. The Bertz CT molecular complexity index is 909. The van der Waals surface area contributed by atoms with E-state index in [1.807, 2.05) is 19.9 Å². The maximum absolute atomic E-state index is 13.8. The summed E-state index contributed by atoms with van der Waals surface area (Å²) in [6, 6.07) is 11.7. The molecular weight excluding hydrogens is 365 g/mol. The maximum Gasteiger partial charge on any atom is 0.192 e. The molecular formula is C20H26FN3O2S.